The fourth-order valence-corrected chi connectivity index (χ4v) is 3.29. The summed E-state index contributed by atoms with van der Waals surface area (Å²) in [6.07, 6.45) is 4.50. The lowest BCUT2D eigenvalue weighted by atomic mass is 10.1. The molecule has 1 N–H and O–H groups in total. The van der Waals surface area contributed by atoms with E-state index in [9.17, 15) is 9.18 Å². The summed E-state index contributed by atoms with van der Waals surface area (Å²) in [6, 6.07) is 18.1. The average Bonchev–Trinajstić information content (AvgIpc) is 3.14. The van der Waals surface area contributed by atoms with Gasteiger partial charge in [-0.05, 0) is 47.9 Å². The molecule has 5 heteroatoms. The number of carbonyl (C=O) groups excluding carboxylic acids is 1. The molecular weight excluding hydrogens is 365 g/mol. The molecule has 150 valence electrons. The van der Waals surface area contributed by atoms with Crippen molar-refractivity contribution in [3.05, 3.63) is 102 Å². The first-order valence-electron chi connectivity index (χ1n) is 9.74. The molecule has 0 fully saturated rings. The van der Waals surface area contributed by atoms with Crippen LogP contribution in [0.15, 0.2) is 79.5 Å². The van der Waals surface area contributed by atoms with Crippen LogP contribution in [0.4, 0.5) is 14.9 Å². The molecule has 3 rings (SSSR count). The highest BCUT2D eigenvalue weighted by Gasteiger charge is 2.16. The van der Waals surface area contributed by atoms with E-state index in [4.69, 9.17) is 0 Å². The maximum absolute atomic E-state index is 13.5. The number of amides is 2. The first-order chi connectivity index (χ1) is 14.1. The third-order valence-corrected chi connectivity index (χ3v) is 4.79. The van der Waals surface area contributed by atoms with Gasteiger partial charge in [-0.2, -0.15) is 0 Å². The maximum Gasteiger partial charge on any atom is 0.322 e. The number of nitrogens with zero attached hydrogens (tertiary/aromatic N) is 2. The topological polar surface area (TPSA) is 37.3 Å². The van der Waals surface area contributed by atoms with E-state index in [0.717, 1.165) is 28.9 Å². The van der Waals surface area contributed by atoms with Gasteiger partial charge in [-0.3, -0.25) is 0 Å². The quantitative estimate of drug-likeness (QED) is 0.509. The molecule has 0 saturated carbocycles. The van der Waals surface area contributed by atoms with Crippen LogP contribution in [0.5, 0.6) is 0 Å². The molecule has 1 heterocycles. The lowest BCUT2D eigenvalue weighted by molar-refractivity contribution is 0.214. The summed E-state index contributed by atoms with van der Waals surface area (Å²) in [6.45, 7) is 7.23. The highest BCUT2D eigenvalue weighted by Crippen LogP contribution is 2.17. The summed E-state index contributed by atoms with van der Waals surface area (Å²) in [5.41, 5.74) is 3.76. The summed E-state index contributed by atoms with van der Waals surface area (Å²) in [5.74, 6) is -0.251. The number of benzene rings is 2. The van der Waals surface area contributed by atoms with Crippen LogP contribution in [0, 0.1) is 5.82 Å². The molecule has 0 aliphatic carbocycles. The van der Waals surface area contributed by atoms with E-state index in [1.165, 1.54) is 12.1 Å². The lowest BCUT2D eigenvalue weighted by Gasteiger charge is -2.23. The van der Waals surface area contributed by atoms with Crippen molar-refractivity contribution in [1.82, 2.24) is 9.47 Å². The van der Waals surface area contributed by atoms with Crippen LogP contribution in [-0.2, 0) is 19.5 Å². The fourth-order valence-electron chi connectivity index (χ4n) is 3.29. The van der Waals surface area contributed by atoms with Crippen LogP contribution in [0.3, 0.4) is 0 Å². The smallest absolute Gasteiger partial charge is 0.322 e. The minimum Gasteiger partial charge on any atom is -0.345 e. The molecule has 0 aliphatic heterocycles. The van der Waals surface area contributed by atoms with Crippen molar-refractivity contribution in [2.75, 3.05) is 11.9 Å². The Kier molecular flexibility index (Phi) is 6.85. The molecule has 0 aliphatic rings. The van der Waals surface area contributed by atoms with Crippen LogP contribution in [0.1, 0.15) is 23.7 Å². The summed E-state index contributed by atoms with van der Waals surface area (Å²) in [4.78, 5) is 14.6. The Morgan fingerprint density at radius 1 is 1.17 bits per heavy atom. The molecule has 2 amide bonds. The van der Waals surface area contributed by atoms with E-state index in [0.29, 0.717) is 19.6 Å². The van der Waals surface area contributed by atoms with Gasteiger partial charge in [0, 0.05) is 30.7 Å². The second kappa shape index (κ2) is 9.73. The second-order valence-corrected chi connectivity index (χ2v) is 6.87. The summed E-state index contributed by atoms with van der Waals surface area (Å²) >= 11 is 0. The van der Waals surface area contributed by atoms with Crippen molar-refractivity contribution in [3.8, 4) is 0 Å². The zero-order valence-corrected chi connectivity index (χ0v) is 16.6. The van der Waals surface area contributed by atoms with Crippen LogP contribution < -0.4 is 5.32 Å². The van der Waals surface area contributed by atoms with Crippen molar-refractivity contribution in [3.63, 3.8) is 0 Å². The molecule has 2 aromatic carbocycles. The predicted molar refractivity (Wildman–Crippen MR) is 115 cm³/mol. The Labute approximate surface area is 171 Å². The van der Waals surface area contributed by atoms with Crippen LogP contribution >= 0.6 is 0 Å². The number of hydrogen-bond donors (Lipinski definition) is 1. The van der Waals surface area contributed by atoms with Crippen molar-refractivity contribution in [1.29, 1.82) is 0 Å². The summed E-state index contributed by atoms with van der Waals surface area (Å²) in [5, 5.41) is 3.02. The van der Waals surface area contributed by atoms with Gasteiger partial charge in [0.2, 0.25) is 0 Å². The number of nitrogens with one attached hydrogen (secondary N) is 1. The number of anilines is 1. The van der Waals surface area contributed by atoms with E-state index in [1.54, 1.807) is 17.0 Å². The minimum absolute atomic E-state index is 0.177. The van der Waals surface area contributed by atoms with E-state index in [2.05, 4.69) is 18.8 Å². The first-order valence-corrected chi connectivity index (χ1v) is 9.74. The second-order valence-electron chi connectivity index (χ2n) is 6.87. The number of para-hydroxylation sites is 1. The first kappa shape index (κ1) is 20.4. The Morgan fingerprint density at radius 2 is 2.00 bits per heavy atom. The molecule has 4 nitrogen and oxygen atoms in total. The Hall–Kier alpha value is -3.34. The maximum atomic E-state index is 13.5. The minimum atomic E-state index is -0.251. The molecule has 0 saturated heterocycles. The fraction of sp³-hybridized carbons (Fsp3) is 0.208. The van der Waals surface area contributed by atoms with Gasteiger partial charge in [0.15, 0.2) is 0 Å². The van der Waals surface area contributed by atoms with Crippen molar-refractivity contribution >= 4 is 11.7 Å². The van der Waals surface area contributed by atoms with Crippen LogP contribution in [-0.4, -0.2) is 22.0 Å². The summed E-state index contributed by atoms with van der Waals surface area (Å²) < 4.78 is 15.5. The van der Waals surface area contributed by atoms with E-state index < -0.39 is 0 Å². The molecular formula is C24H26FN3O. The van der Waals surface area contributed by atoms with Crippen LogP contribution in [0.25, 0.3) is 0 Å². The van der Waals surface area contributed by atoms with E-state index in [1.807, 2.05) is 53.2 Å². The normalized spacial score (nSPS) is 10.6. The van der Waals surface area contributed by atoms with Gasteiger partial charge in [0.05, 0.1) is 6.54 Å². The van der Waals surface area contributed by atoms with Crippen molar-refractivity contribution < 1.29 is 9.18 Å². The molecule has 29 heavy (non-hydrogen) atoms. The lowest BCUT2D eigenvalue weighted by Crippen LogP contribution is -2.35. The Bertz CT molecular complexity index is 980. The molecule has 3 aromatic rings. The molecule has 0 unspecified atom stereocenters. The zero-order chi connectivity index (χ0) is 20.6. The van der Waals surface area contributed by atoms with Crippen LogP contribution in [0.2, 0.25) is 0 Å². The van der Waals surface area contributed by atoms with E-state index >= 15 is 0 Å². The number of hydrogen-bond acceptors (Lipinski definition) is 1. The van der Waals surface area contributed by atoms with Gasteiger partial charge in [-0.15, -0.1) is 6.58 Å². The monoisotopic (exact) mass is 391 g/mol. The number of aromatic nitrogens is 1. The SMILES string of the molecule is C=CCN(Cc1cccn1Cc1cccc(F)c1)C(=O)Nc1ccccc1CC. The van der Waals surface area contributed by atoms with Gasteiger partial charge < -0.3 is 14.8 Å². The number of urea groups is 1. The molecule has 0 radical (unpaired) electrons. The van der Waals surface area contributed by atoms with Gasteiger partial charge in [-0.1, -0.05) is 43.3 Å². The third-order valence-electron chi connectivity index (χ3n) is 4.79. The highest BCUT2D eigenvalue weighted by molar-refractivity contribution is 5.90. The largest absolute Gasteiger partial charge is 0.345 e. The molecule has 0 bridgehead atoms. The van der Waals surface area contributed by atoms with Gasteiger partial charge >= 0.3 is 6.03 Å². The number of carbonyl (C=O) groups is 1. The average molecular weight is 391 g/mol. The molecule has 1 aromatic heterocycles. The predicted octanol–water partition coefficient (Wildman–Crippen LogP) is 5.46. The summed E-state index contributed by atoms with van der Waals surface area (Å²) in [7, 11) is 0. The zero-order valence-electron chi connectivity index (χ0n) is 16.6. The number of halogens is 1. The van der Waals surface area contributed by atoms with Gasteiger partial charge in [0.25, 0.3) is 0 Å². The molecule has 0 atom stereocenters. The van der Waals surface area contributed by atoms with Gasteiger partial charge in [-0.25, -0.2) is 9.18 Å². The third kappa shape index (κ3) is 5.35. The van der Waals surface area contributed by atoms with Crippen molar-refractivity contribution in [2.24, 2.45) is 0 Å². The Morgan fingerprint density at radius 3 is 2.76 bits per heavy atom. The Balaban J connectivity index is 1.75. The van der Waals surface area contributed by atoms with E-state index in [-0.39, 0.29) is 11.8 Å². The number of aryl methyl sites for hydroxylation is 1. The standard InChI is InChI=1S/C24H26FN3O/c1-3-14-28(24(29)26-23-13-6-5-10-20(23)4-2)18-22-12-8-15-27(22)17-19-9-7-11-21(25)16-19/h3,5-13,15-16H,1,4,14,17-18H2,2H3,(H,26,29). The number of rotatable bonds is 8. The van der Waals surface area contributed by atoms with Crippen molar-refractivity contribution in [2.45, 2.75) is 26.4 Å². The van der Waals surface area contributed by atoms with Gasteiger partial charge in [0.1, 0.15) is 5.82 Å². The highest BCUT2D eigenvalue weighted by atomic mass is 19.1. The molecule has 0 spiro atoms.